The van der Waals surface area contributed by atoms with E-state index < -0.39 is 5.82 Å². The average molecular weight is 511 g/mol. The molecule has 5 rings (SSSR count). The van der Waals surface area contributed by atoms with Crippen LogP contribution in [0.2, 0.25) is 0 Å². The van der Waals surface area contributed by atoms with E-state index in [1.165, 1.54) is 23.1 Å². The summed E-state index contributed by atoms with van der Waals surface area (Å²) in [7, 11) is 1.65. The van der Waals surface area contributed by atoms with Crippen LogP contribution in [0, 0.1) is 11.7 Å². The first-order valence-electron chi connectivity index (χ1n) is 12.6. The lowest BCUT2D eigenvalue weighted by atomic mass is 9.85. The number of aromatic nitrogens is 4. The summed E-state index contributed by atoms with van der Waals surface area (Å²) in [6.45, 7) is 1.29. The minimum Gasteiger partial charge on any atom is -0.381 e. The fourth-order valence-corrected chi connectivity index (χ4v) is 4.89. The molecule has 1 saturated carbocycles. The molecular weight excluding hydrogens is 479 g/mol. The van der Waals surface area contributed by atoms with E-state index in [0.29, 0.717) is 35.9 Å². The molecule has 2 aliphatic rings. The lowest BCUT2D eigenvalue weighted by Gasteiger charge is -2.29. The normalized spacial score (nSPS) is 20.4. The molecule has 3 aromatic rings. The van der Waals surface area contributed by atoms with Gasteiger partial charge in [-0.1, -0.05) is 0 Å². The molecule has 0 aromatic carbocycles. The number of hydrogen-bond acceptors (Lipinski definition) is 8. The van der Waals surface area contributed by atoms with Crippen molar-refractivity contribution in [2.45, 2.75) is 50.6 Å². The molecule has 1 aliphatic heterocycles. The highest BCUT2D eigenvalue weighted by molar-refractivity contribution is 6.00. The number of pyridine rings is 1. The number of rotatable bonds is 7. The molecule has 1 aliphatic carbocycles. The Labute approximate surface area is 213 Å². The van der Waals surface area contributed by atoms with Gasteiger partial charge in [0.2, 0.25) is 5.91 Å². The minimum absolute atomic E-state index is 0.00768. The molecule has 0 unspecified atom stereocenters. The van der Waals surface area contributed by atoms with E-state index >= 15 is 0 Å². The Morgan fingerprint density at radius 2 is 1.89 bits per heavy atom. The molecule has 0 bridgehead atoms. The van der Waals surface area contributed by atoms with Gasteiger partial charge in [-0.3, -0.25) is 9.59 Å². The summed E-state index contributed by atoms with van der Waals surface area (Å²) in [5, 5.41) is 16.2. The predicted molar refractivity (Wildman–Crippen MR) is 135 cm³/mol. The average Bonchev–Trinajstić information content (AvgIpc) is 3.36. The van der Waals surface area contributed by atoms with E-state index in [9.17, 15) is 14.0 Å². The van der Waals surface area contributed by atoms with Gasteiger partial charge in [0.15, 0.2) is 17.3 Å². The smallest absolute Gasteiger partial charge is 0.255 e. The number of hydrogen-bond donors (Lipinski definition) is 4. The van der Waals surface area contributed by atoms with Crippen molar-refractivity contribution < 1.29 is 18.7 Å². The minimum atomic E-state index is -0.578. The molecule has 2 amide bonds. The van der Waals surface area contributed by atoms with Crippen molar-refractivity contribution in [3.05, 3.63) is 42.1 Å². The third-order valence-corrected chi connectivity index (χ3v) is 6.99. The van der Waals surface area contributed by atoms with Crippen LogP contribution in [0.4, 0.5) is 21.7 Å². The van der Waals surface area contributed by atoms with Gasteiger partial charge in [0.25, 0.3) is 5.91 Å². The fourth-order valence-electron chi connectivity index (χ4n) is 4.89. The number of anilines is 3. The topological polar surface area (TPSA) is 135 Å². The molecule has 0 spiro atoms. The Bertz CT molecular complexity index is 1270. The van der Waals surface area contributed by atoms with Gasteiger partial charge in [-0.25, -0.2) is 18.9 Å². The van der Waals surface area contributed by atoms with Gasteiger partial charge in [0.1, 0.15) is 5.82 Å². The number of carbonyl (C=O) groups is 2. The van der Waals surface area contributed by atoms with Gasteiger partial charge in [-0.2, -0.15) is 5.10 Å². The summed E-state index contributed by atoms with van der Waals surface area (Å²) in [5.41, 5.74) is 1.50. The maximum Gasteiger partial charge on any atom is 0.255 e. The van der Waals surface area contributed by atoms with Gasteiger partial charge in [0.05, 0.1) is 23.6 Å². The first-order chi connectivity index (χ1) is 18.0. The summed E-state index contributed by atoms with van der Waals surface area (Å²) >= 11 is 0. The largest absolute Gasteiger partial charge is 0.381 e. The van der Waals surface area contributed by atoms with Crippen molar-refractivity contribution in [3.8, 4) is 0 Å². The van der Waals surface area contributed by atoms with E-state index in [0.717, 1.165) is 38.5 Å². The molecule has 4 heterocycles. The molecule has 3 aromatic heterocycles. The first-order valence-corrected chi connectivity index (χ1v) is 12.6. The van der Waals surface area contributed by atoms with Crippen LogP contribution in [0.1, 0.15) is 48.9 Å². The van der Waals surface area contributed by atoms with E-state index in [1.807, 2.05) is 0 Å². The highest BCUT2D eigenvalue weighted by Crippen LogP contribution is 2.27. The molecule has 0 atom stereocenters. The molecule has 11 nitrogen and oxygen atoms in total. The van der Waals surface area contributed by atoms with Gasteiger partial charge in [0, 0.05) is 56.6 Å². The Morgan fingerprint density at radius 3 is 2.65 bits per heavy atom. The number of amides is 2. The van der Waals surface area contributed by atoms with Crippen LogP contribution in [0.3, 0.4) is 0 Å². The number of halogens is 1. The SMILES string of the molecule is CNC(=O)C1CCC(NC(=O)c2cnc(Nc3nc4ccnn4cc3F)cc2NC2CCOCC2)CC1. The molecule has 196 valence electrons. The molecule has 12 heteroatoms. The van der Waals surface area contributed by atoms with Gasteiger partial charge in [-0.05, 0) is 38.5 Å². The quantitative estimate of drug-likeness (QED) is 0.381. The second-order valence-corrected chi connectivity index (χ2v) is 9.48. The summed E-state index contributed by atoms with van der Waals surface area (Å²) in [5.74, 6) is -0.395. The van der Waals surface area contributed by atoms with Crippen LogP contribution in [0.25, 0.3) is 5.65 Å². The number of nitrogens with zero attached hydrogens (tertiary/aromatic N) is 4. The van der Waals surface area contributed by atoms with Gasteiger partial charge < -0.3 is 26.0 Å². The highest BCUT2D eigenvalue weighted by Gasteiger charge is 2.28. The summed E-state index contributed by atoms with van der Waals surface area (Å²) in [6.07, 6.45) is 8.84. The molecule has 0 radical (unpaired) electrons. The Balaban J connectivity index is 1.34. The van der Waals surface area contributed by atoms with E-state index in [-0.39, 0.29) is 35.6 Å². The van der Waals surface area contributed by atoms with Crippen LogP contribution in [-0.4, -0.2) is 63.7 Å². The van der Waals surface area contributed by atoms with Crippen LogP contribution >= 0.6 is 0 Å². The summed E-state index contributed by atoms with van der Waals surface area (Å²) < 4.78 is 21.4. The van der Waals surface area contributed by atoms with E-state index in [1.54, 1.807) is 19.2 Å². The van der Waals surface area contributed by atoms with Crippen molar-refractivity contribution in [2.75, 3.05) is 30.9 Å². The Kier molecular flexibility index (Phi) is 7.45. The number of ether oxygens (including phenoxy) is 1. The van der Waals surface area contributed by atoms with Crippen LogP contribution in [-0.2, 0) is 9.53 Å². The van der Waals surface area contributed by atoms with Gasteiger partial charge >= 0.3 is 0 Å². The third-order valence-electron chi connectivity index (χ3n) is 6.99. The second-order valence-electron chi connectivity index (χ2n) is 9.48. The van der Waals surface area contributed by atoms with E-state index in [4.69, 9.17) is 4.74 Å². The maximum absolute atomic E-state index is 14.6. The van der Waals surface area contributed by atoms with Crippen molar-refractivity contribution in [3.63, 3.8) is 0 Å². The molecule has 2 fully saturated rings. The van der Waals surface area contributed by atoms with E-state index in [2.05, 4.69) is 36.3 Å². The Hall–Kier alpha value is -3.80. The Morgan fingerprint density at radius 1 is 1.11 bits per heavy atom. The monoisotopic (exact) mass is 510 g/mol. The van der Waals surface area contributed by atoms with Gasteiger partial charge in [-0.15, -0.1) is 0 Å². The standard InChI is InChI=1S/C25H31FN8O3/c1-27-24(35)15-2-4-16(5-3-15)31-25(36)18-13-28-21(12-20(18)30-17-7-10-37-11-8-17)32-23-19(26)14-34-22(33-23)6-9-29-34/h6,9,12-17H,2-5,7-8,10-11H2,1H3,(H,27,35)(H,31,36)(H2,28,30,32,33). The zero-order chi connectivity index (χ0) is 25.8. The molecule has 37 heavy (non-hydrogen) atoms. The number of carbonyl (C=O) groups excluding carboxylic acids is 2. The van der Waals surface area contributed by atoms with Crippen molar-refractivity contribution in [2.24, 2.45) is 5.92 Å². The number of nitrogens with one attached hydrogen (secondary N) is 4. The summed E-state index contributed by atoms with van der Waals surface area (Å²) in [4.78, 5) is 33.9. The maximum atomic E-state index is 14.6. The van der Waals surface area contributed by atoms with Crippen LogP contribution in [0.15, 0.2) is 30.7 Å². The summed E-state index contributed by atoms with van der Waals surface area (Å²) in [6, 6.07) is 3.50. The highest BCUT2D eigenvalue weighted by atomic mass is 19.1. The number of fused-ring (bicyclic) bond motifs is 1. The lowest BCUT2D eigenvalue weighted by molar-refractivity contribution is -0.125. The molecular formula is C25H31FN8O3. The molecule has 1 saturated heterocycles. The van der Waals surface area contributed by atoms with Crippen molar-refractivity contribution >= 4 is 34.8 Å². The zero-order valence-electron chi connectivity index (χ0n) is 20.7. The lowest BCUT2D eigenvalue weighted by Crippen LogP contribution is -2.40. The van der Waals surface area contributed by atoms with Crippen molar-refractivity contribution in [1.82, 2.24) is 30.2 Å². The fraction of sp³-hybridized carbons (Fsp3) is 0.480. The first kappa shape index (κ1) is 24.9. The van der Waals surface area contributed by atoms with Crippen LogP contribution in [0.5, 0.6) is 0 Å². The van der Waals surface area contributed by atoms with Crippen LogP contribution < -0.4 is 21.3 Å². The zero-order valence-corrected chi connectivity index (χ0v) is 20.7. The third kappa shape index (κ3) is 5.79. The van der Waals surface area contributed by atoms with Crippen molar-refractivity contribution in [1.29, 1.82) is 0 Å². The predicted octanol–water partition coefficient (Wildman–Crippen LogP) is 2.63. The molecule has 4 N–H and O–H groups in total. The second kappa shape index (κ2) is 11.1.